The molecule has 0 saturated heterocycles. The van der Waals surface area contributed by atoms with E-state index in [1.54, 1.807) is 29.3 Å². The number of benzene rings is 1. The first-order valence-corrected chi connectivity index (χ1v) is 7.78. The second-order valence-corrected chi connectivity index (χ2v) is 6.25. The van der Waals surface area contributed by atoms with Crippen LogP contribution in [-0.4, -0.2) is 29.9 Å². The van der Waals surface area contributed by atoms with Crippen LogP contribution in [0.15, 0.2) is 51.8 Å². The molecule has 0 bridgehead atoms. The van der Waals surface area contributed by atoms with Crippen LogP contribution in [0, 0.1) is 11.7 Å². The van der Waals surface area contributed by atoms with Crippen molar-refractivity contribution in [3.63, 3.8) is 0 Å². The lowest BCUT2D eigenvalue weighted by Crippen LogP contribution is -2.30. The summed E-state index contributed by atoms with van der Waals surface area (Å²) >= 11 is 6.35. The van der Waals surface area contributed by atoms with Crippen molar-refractivity contribution in [3.05, 3.63) is 53.0 Å². The summed E-state index contributed by atoms with van der Waals surface area (Å²) in [6.07, 6.45) is 3.45. The summed E-state index contributed by atoms with van der Waals surface area (Å²) in [6, 6.07) is 5.99. The van der Waals surface area contributed by atoms with Crippen LogP contribution in [0.4, 0.5) is 13.2 Å². The summed E-state index contributed by atoms with van der Waals surface area (Å²) in [6.45, 7) is 3.58. The molecule has 126 valence electrons. The van der Waals surface area contributed by atoms with E-state index >= 15 is 0 Å². The SMILES string of the molecule is C=N/N=C(/CC1CC1(F)F)N1C=CC(c2ccc(F)cc2)=C(Cl)C1. The molecule has 7 heteroatoms. The first-order chi connectivity index (χ1) is 11.4. The largest absolute Gasteiger partial charge is 0.330 e. The van der Waals surface area contributed by atoms with Crippen LogP contribution in [0.2, 0.25) is 0 Å². The molecule has 1 heterocycles. The van der Waals surface area contributed by atoms with Crippen molar-refractivity contribution in [1.29, 1.82) is 0 Å². The topological polar surface area (TPSA) is 28.0 Å². The molecular weight excluding hydrogens is 339 g/mol. The number of hydrogen-bond acceptors (Lipinski definition) is 2. The predicted octanol–water partition coefficient (Wildman–Crippen LogP) is 4.66. The molecule has 1 aliphatic heterocycles. The molecule has 0 radical (unpaired) electrons. The van der Waals surface area contributed by atoms with Gasteiger partial charge in [0.2, 0.25) is 0 Å². The Morgan fingerprint density at radius 2 is 2.00 bits per heavy atom. The number of amidine groups is 1. The average Bonchev–Trinajstić information content (AvgIpc) is 3.14. The van der Waals surface area contributed by atoms with Crippen LogP contribution in [0.1, 0.15) is 18.4 Å². The van der Waals surface area contributed by atoms with Crippen LogP contribution in [-0.2, 0) is 0 Å². The van der Waals surface area contributed by atoms with E-state index < -0.39 is 11.8 Å². The number of rotatable bonds is 4. The van der Waals surface area contributed by atoms with Crippen molar-refractivity contribution in [1.82, 2.24) is 4.90 Å². The predicted molar refractivity (Wildman–Crippen MR) is 89.7 cm³/mol. The van der Waals surface area contributed by atoms with Crippen molar-refractivity contribution < 1.29 is 13.2 Å². The first-order valence-electron chi connectivity index (χ1n) is 7.40. The molecule has 3 nitrogen and oxygen atoms in total. The van der Waals surface area contributed by atoms with Gasteiger partial charge in [-0.3, -0.25) is 0 Å². The minimum atomic E-state index is -2.62. The van der Waals surface area contributed by atoms with Gasteiger partial charge < -0.3 is 4.90 Å². The first kappa shape index (κ1) is 16.8. The zero-order chi connectivity index (χ0) is 17.3. The molecule has 3 rings (SSSR count). The zero-order valence-corrected chi connectivity index (χ0v) is 13.5. The molecule has 0 amide bonds. The molecular formula is C17H15ClF3N3. The highest BCUT2D eigenvalue weighted by Crippen LogP contribution is 2.51. The van der Waals surface area contributed by atoms with Gasteiger partial charge in [0.1, 0.15) is 11.7 Å². The Morgan fingerprint density at radius 3 is 2.54 bits per heavy atom. The summed E-state index contributed by atoms with van der Waals surface area (Å²) in [5, 5.41) is 7.86. The van der Waals surface area contributed by atoms with Gasteiger partial charge in [-0.1, -0.05) is 23.7 Å². The number of alkyl halides is 2. The van der Waals surface area contributed by atoms with Gasteiger partial charge in [-0.15, -0.1) is 5.10 Å². The van der Waals surface area contributed by atoms with E-state index in [1.807, 2.05) is 0 Å². The van der Waals surface area contributed by atoms with Crippen molar-refractivity contribution in [2.45, 2.75) is 18.8 Å². The van der Waals surface area contributed by atoms with Gasteiger partial charge in [0.05, 0.1) is 6.54 Å². The molecule has 1 fully saturated rings. The second-order valence-electron chi connectivity index (χ2n) is 5.79. The molecule has 0 aromatic heterocycles. The Kier molecular flexibility index (Phi) is 4.49. The molecule has 24 heavy (non-hydrogen) atoms. The second kappa shape index (κ2) is 6.43. The fraction of sp³-hybridized carbons (Fsp3) is 0.294. The number of allylic oxidation sites excluding steroid dienone is 2. The van der Waals surface area contributed by atoms with Crippen LogP contribution < -0.4 is 0 Å². The van der Waals surface area contributed by atoms with E-state index in [0.717, 1.165) is 11.1 Å². The summed E-state index contributed by atoms with van der Waals surface area (Å²) < 4.78 is 39.3. The fourth-order valence-corrected chi connectivity index (χ4v) is 2.91. The summed E-state index contributed by atoms with van der Waals surface area (Å²) in [5.41, 5.74) is 1.54. The normalized spacial score (nSPS) is 22.8. The highest BCUT2D eigenvalue weighted by molar-refractivity contribution is 6.33. The Hall–Kier alpha value is -2.08. The molecule has 2 aliphatic rings. The number of halogens is 4. The molecule has 1 aromatic carbocycles. The van der Waals surface area contributed by atoms with E-state index in [-0.39, 0.29) is 25.2 Å². The molecule has 1 aromatic rings. The highest BCUT2D eigenvalue weighted by atomic mass is 35.5. The van der Waals surface area contributed by atoms with Gasteiger partial charge in [-0.05, 0) is 29.3 Å². The maximum atomic E-state index is 13.2. The third-order valence-corrected chi connectivity index (χ3v) is 4.40. The summed E-state index contributed by atoms with van der Waals surface area (Å²) in [4.78, 5) is 1.68. The Labute approximate surface area is 142 Å². The van der Waals surface area contributed by atoms with Gasteiger partial charge in [-0.25, -0.2) is 13.2 Å². The monoisotopic (exact) mass is 353 g/mol. The van der Waals surface area contributed by atoms with E-state index in [9.17, 15) is 13.2 Å². The lowest BCUT2D eigenvalue weighted by atomic mass is 10.0. The van der Waals surface area contributed by atoms with Crippen LogP contribution in [0.25, 0.3) is 5.57 Å². The standard InChI is InChI=1S/C17H15ClF3N3/c1-22-23-16(8-12-9-17(12,20)21)24-7-6-14(15(18)10-24)11-2-4-13(19)5-3-11/h2-7,12H,1,8-10H2/b23-16-. The molecule has 1 atom stereocenters. The maximum Gasteiger partial charge on any atom is 0.252 e. The lowest BCUT2D eigenvalue weighted by molar-refractivity contribution is 0.0998. The minimum absolute atomic E-state index is 0.117. The van der Waals surface area contributed by atoms with Crippen LogP contribution >= 0.6 is 11.6 Å². The number of nitrogens with zero attached hydrogens (tertiary/aromatic N) is 3. The van der Waals surface area contributed by atoms with E-state index in [0.29, 0.717) is 10.9 Å². The fourth-order valence-electron chi connectivity index (χ4n) is 2.61. The average molecular weight is 354 g/mol. The lowest BCUT2D eigenvalue weighted by Gasteiger charge is -2.26. The van der Waals surface area contributed by atoms with E-state index in [2.05, 4.69) is 16.9 Å². The van der Waals surface area contributed by atoms with E-state index in [1.165, 1.54) is 12.1 Å². The molecule has 1 unspecified atom stereocenters. The Morgan fingerprint density at radius 1 is 1.33 bits per heavy atom. The molecule has 0 N–H and O–H groups in total. The van der Waals surface area contributed by atoms with Crippen molar-refractivity contribution in [3.8, 4) is 0 Å². The zero-order valence-electron chi connectivity index (χ0n) is 12.7. The van der Waals surface area contributed by atoms with Crippen LogP contribution in [0.5, 0.6) is 0 Å². The van der Waals surface area contributed by atoms with Gasteiger partial charge >= 0.3 is 0 Å². The van der Waals surface area contributed by atoms with Gasteiger partial charge in [-0.2, -0.15) is 5.10 Å². The Bertz CT molecular complexity index is 738. The van der Waals surface area contributed by atoms with Crippen molar-refractivity contribution >= 4 is 29.7 Å². The highest BCUT2D eigenvalue weighted by Gasteiger charge is 2.57. The third kappa shape index (κ3) is 3.53. The summed E-state index contributed by atoms with van der Waals surface area (Å²) in [7, 11) is 0. The molecule has 1 aliphatic carbocycles. The molecule has 1 saturated carbocycles. The quantitative estimate of drug-likeness (QED) is 0.439. The smallest absolute Gasteiger partial charge is 0.252 e. The summed E-state index contributed by atoms with van der Waals surface area (Å²) in [5.74, 6) is -3.26. The van der Waals surface area contributed by atoms with Crippen molar-refractivity contribution in [2.75, 3.05) is 6.54 Å². The van der Waals surface area contributed by atoms with Gasteiger partial charge in [0.25, 0.3) is 5.92 Å². The van der Waals surface area contributed by atoms with Gasteiger partial charge in [0, 0.05) is 36.7 Å². The maximum absolute atomic E-state index is 13.2. The Balaban J connectivity index is 1.76. The van der Waals surface area contributed by atoms with E-state index in [4.69, 9.17) is 11.6 Å². The minimum Gasteiger partial charge on any atom is -0.330 e. The molecule has 0 spiro atoms. The van der Waals surface area contributed by atoms with Crippen molar-refractivity contribution in [2.24, 2.45) is 16.1 Å². The van der Waals surface area contributed by atoms with Crippen LogP contribution in [0.3, 0.4) is 0 Å². The van der Waals surface area contributed by atoms with Gasteiger partial charge in [0.15, 0.2) is 0 Å². The number of hydrogen-bond donors (Lipinski definition) is 0. The third-order valence-electron chi connectivity index (χ3n) is 4.08.